The van der Waals surface area contributed by atoms with Crippen LogP contribution in [0, 0.1) is 0 Å². The summed E-state index contributed by atoms with van der Waals surface area (Å²) in [6, 6.07) is 24.3. The number of carboxylic acid groups (broad SMARTS) is 1. The molecule has 3 atom stereocenters. The Morgan fingerprint density at radius 3 is 2.08 bits per heavy atom. The highest BCUT2D eigenvalue weighted by Gasteiger charge is 2.32. The highest BCUT2D eigenvalue weighted by atomic mass is 16.5. The Labute approximate surface area is 234 Å². The minimum atomic E-state index is -1.04. The van der Waals surface area contributed by atoms with E-state index in [0.29, 0.717) is 6.42 Å². The number of alkyl carbamates (subject to hydrolysis) is 1. The number of carboxylic acids is 1. The molecule has 210 valence electrons. The van der Waals surface area contributed by atoms with E-state index in [1.807, 2.05) is 73.7 Å². The van der Waals surface area contributed by atoms with Gasteiger partial charge in [-0.2, -0.15) is 0 Å². The molecule has 8 heteroatoms. The fraction of sp³-hybridized carbons (Fsp3) is 0.344. The van der Waals surface area contributed by atoms with Gasteiger partial charge in [-0.1, -0.05) is 85.8 Å². The lowest BCUT2D eigenvalue weighted by Gasteiger charge is -2.27. The quantitative estimate of drug-likeness (QED) is 0.271. The molecule has 0 radical (unpaired) electrons. The maximum atomic E-state index is 13.3. The van der Waals surface area contributed by atoms with E-state index in [4.69, 9.17) is 14.6 Å². The second kappa shape index (κ2) is 13.8. The standard InChI is InChI=1S/C32H36N2O6/c1-3-23(17-18-29(35)36)33-31(37)30(21(2)39-19-22-11-5-4-6-12-22)34-32(38)40-20-28-26-15-9-7-13-24(26)25-14-8-10-16-27(25)28/h4-16,21,23,28,30H,3,17-20H2,1-2H3,(H,33,37)(H,34,38)(H,35,36)/t21-,23?,30+/m0/s1. The monoisotopic (exact) mass is 544 g/mol. The Morgan fingerprint density at radius 2 is 1.48 bits per heavy atom. The molecular weight excluding hydrogens is 508 g/mol. The van der Waals surface area contributed by atoms with Gasteiger partial charge in [0.15, 0.2) is 0 Å². The molecule has 0 spiro atoms. The van der Waals surface area contributed by atoms with Gasteiger partial charge in [0.05, 0.1) is 12.7 Å². The molecule has 3 aromatic rings. The van der Waals surface area contributed by atoms with E-state index < -0.39 is 30.1 Å². The molecule has 2 amide bonds. The molecule has 0 fully saturated rings. The lowest BCUT2D eigenvalue weighted by Crippen LogP contribution is -2.55. The molecule has 0 heterocycles. The number of ether oxygens (including phenoxy) is 2. The summed E-state index contributed by atoms with van der Waals surface area (Å²) in [6.45, 7) is 3.96. The summed E-state index contributed by atoms with van der Waals surface area (Å²) in [5, 5.41) is 14.6. The number of nitrogens with one attached hydrogen (secondary N) is 2. The number of carbonyl (C=O) groups is 3. The van der Waals surface area contributed by atoms with E-state index in [1.54, 1.807) is 6.92 Å². The van der Waals surface area contributed by atoms with E-state index in [2.05, 4.69) is 22.8 Å². The van der Waals surface area contributed by atoms with Gasteiger partial charge >= 0.3 is 12.1 Å². The first-order valence-corrected chi connectivity index (χ1v) is 13.7. The first kappa shape index (κ1) is 28.8. The molecule has 1 aliphatic rings. The van der Waals surface area contributed by atoms with E-state index >= 15 is 0 Å². The molecule has 4 rings (SSSR count). The molecule has 0 bridgehead atoms. The van der Waals surface area contributed by atoms with Crippen LogP contribution in [0.15, 0.2) is 78.9 Å². The number of carbonyl (C=O) groups excluding carboxylic acids is 2. The van der Waals surface area contributed by atoms with Crippen LogP contribution in [-0.2, 0) is 25.7 Å². The van der Waals surface area contributed by atoms with Gasteiger partial charge in [-0.15, -0.1) is 0 Å². The van der Waals surface area contributed by atoms with Crippen LogP contribution >= 0.6 is 0 Å². The molecule has 0 aromatic heterocycles. The van der Waals surface area contributed by atoms with Crippen LogP contribution in [0.3, 0.4) is 0 Å². The fourth-order valence-electron chi connectivity index (χ4n) is 5.03. The van der Waals surface area contributed by atoms with Crippen LogP contribution in [-0.4, -0.2) is 47.9 Å². The van der Waals surface area contributed by atoms with E-state index in [-0.39, 0.29) is 38.0 Å². The summed E-state index contributed by atoms with van der Waals surface area (Å²) < 4.78 is 11.7. The van der Waals surface area contributed by atoms with Crippen molar-refractivity contribution in [3.63, 3.8) is 0 Å². The molecule has 40 heavy (non-hydrogen) atoms. The predicted octanol–water partition coefficient (Wildman–Crippen LogP) is 5.26. The van der Waals surface area contributed by atoms with E-state index in [0.717, 1.165) is 27.8 Å². The third-order valence-corrected chi connectivity index (χ3v) is 7.27. The maximum absolute atomic E-state index is 13.3. The Morgan fingerprint density at radius 1 is 0.875 bits per heavy atom. The summed E-state index contributed by atoms with van der Waals surface area (Å²) in [5.41, 5.74) is 5.37. The molecule has 3 aromatic carbocycles. The topological polar surface area (TPSA) is 114 Å². The number of benzene rings is 3. The average molecular weight is 545 g/mol. The van der Waals surface area contributed by atoms with Crippen LogP contribution in [0.2, 0.25) is 0 Å². The van der Waals surface area contributed by atoms with Gasteiger partial charge in [0.2, 0.25) is 5.91 Å². The second-order valence-electron chi connectivity index (χ2n) is 10.00. The molecule has 0 saturated heterocycles. The molecule has 3 N–H and O–H groups in total. The average Bonchev–Trinajstić information content (AvgIpc) is 3.29. The lowest BCUT2D eigenvalue weighted by atomic mass is 9.98. The molecular formula is C32H36N2O6. The Hall–Kier alpha value is -4.17. The summed E-state index contributed by atoms with van der Waals surface area (Å²) in [5.74, 6) is -1.50. The molecule has 1 aliphatic carbocycles. The van der Waals surface area contributed by atoms with Crippen molar-refractivity contribution >= 4 is 18.0 Å². The van der Waals surface area contributed by atoms with E-state index in [1.165, 1.54) is 0 Å². The Balaban J connectivity index is 1.43. The second-order valence-corrected chi connectivity index (χ2v) is 10.00. The highest BCUT2D eigenvalue weighted by Crippen LogP contribution is 2.44. The van der Waals surface area contributed by atoms with Crippen molar-refractivity contribution in [1.29, 1.82) is 0 Å². The first-order chi connectivity index (χ1) is 19.4. The number of aliphatic carboxylic acids is 1. The number of amides is 2. The zero-order valence-electron chi connectivity index (χ0n) is 22.8. The number of hydrogen-bond donors (Lipinski definition) is 3. The molecule has 1 unspecified atom stereocenters. The minimum Gasteiger partial charge on any atom is -0.481 e. The van der Waals surface area contributed by atoms with Crippen LogP contribution in [0.25, 0.3) is 11.1 Å². The van der Waals surface area contributed by atoms with Gasteiger partial charge < -0.3 is 25.2 Å². The van der Waals surface area contributed by atoms with Gasteiger partial charge in [-0.05, 0) is 47.6 Å². The first-order valence-electron chi connectivity index (χ1n) is 13.7. The normalized spacial score (nSPS) is 14.3. The Bertz CT molecular complexity index is 1270. The van der Waals surface area contributed by atoms with Gasteiger partial charge in [0.25, 0.3) is 0 Å². The molecule has 0 saturated carbocycles. The van der Waals surface area contributed by atoms with Crippen LogP contribution < -0.4 is 10.6 Å². The fourth-order valence-corrected chi connectivity index (χ4v) is 5.03. The van der Waals surface area contributed by atoms with Gasteiger partial charge in [-0.3, -0.25) is 9.59 Å². The van der Waals surface area contributed by atoms with Crippen molar-refractivity contribution in [2.75, 3.05) is 6.61 Å². The van der Waals surface area contributed by atoms with Crippen molar-refractivity contribution in [2.24, 2.45) is 0 Å². The SMILES string of the molecule is CCC(CCC(=O)O)NC(=O)[C@H](NC(=O)OCC1c2ccccc2-c2ccccc21)[C@H](C)OCc1ccccc1. The number of fused-ring (bicyclic) bond motifs is 3. The van der Waals surface area contributed by atoms with E-state index in [9.17, 15) is 14.4 Å². The summed E-state index contributed by atoms with van der Waals surface area (Å²) >= 11 is 0. The van der Waals surface area contributed by atoms with Gasteiger partial charge in [0, 0.05) is 18.4 Å². The van der Waals surface area contributed by atoms with Gasteiger partial charge in [0.1, 0.15) is 12.6 Å². The van der Waals surface area contributed by atoms with Crippen molar-refractivity contribution < 1.29 is 29.0 Å². The van der Waals surface area contributed by atoms with Crippen LogP contribution in [0.4, 0.5) is 4.79 Å². The zero-order chi connectivity index (χ0) is 28.5. The lowest BCUT2D eigenvalue weighted by molar-refractivity contribution is -0.137. The zero-order valence-corrected chi connectivity index (χ0v) is 22.8. The van der Waals surface area contributed by atoms with Crippen molar-refractivity contribution in [3.05, 3.63) is 95.6 Å². The van der Waals surface area contributed by atoms with Crippen LogP contribution in [0.5, 0.6) is 0 Å². The van der Waals surface area contributed by atoms with Crippen molar-refractivity contribution in [2.45, 2.75) is 63.8 Å². The minimum absolute atomic E-state index is 0.0661. The predicted molar refractivity (Wildman–Crippen MR) is 152 cm³/mol. The molecule has 8 nitrogen and oxygen atoms in total. The Kier molecular flexibility index (Phi) is 9.91. The largest absolute Gasteiger partial charge is 0.481 e. The summed E-state index contributed by atoms with van der Waals surface area (Å²) in [6.07, 6.45) is -0.637. The summed E-state index contributed by atoms with van der Waals surface area (Å²) in [7, 11) is 0. The maximum Gasteiger partial charge on any atom is 0.407 e. The van der Waals surface area contributed by atoms with Gasteiger partial charge in [-0.25, -0.2) is 4.79 Å². The smallest absolute Gasteiger partial charge is 0.407 e. The van der Waals surface area contributed by atoms with Crippen molar-refractivity contribution in [1.82, 2.24) is 10.6 Å². The highest BCUT2D eigenvalue weighted by molar-refractivity contribution is 5.86. The third-order valence-electron chi connectivity index (χ3n) is 7.27. The van der Waals surface area contributed by atoms with Crippen LogP contribution in [0.1, 0.15) is 55.7 Å². The molecule has 0 aliphatic heterocycles. The van der Waals surface area contributed by atoms with Crippen molar-refractivity contribution in [3.8, 4) is 11.1 Å². The number of rotatable bonds is 13. The summed E-state index contributed by atoms with van der Waals surface area (Å²) in [4.78, 5) is 37.4. The third kappa shape index (κ3) is 7.27. The number of hydrogen-bond acceptors (Lipinski definition) is 5.